The van der Waals surface area contributed by atoms with E-state index < -0.39 is 0 Å². The van der Waals surface area contributed by atoms with Crippen molar-refractivity contribution >= 4 is 0 Å². The second kappa shape index (κ2) is 3.68. The van der Waals surface area contributed by atoms with Crippen LogP contribution in [0.2, 0.25) is 0 Å². The van der Waals surface area contributed by atoms with Crippen molar-refractivity contribution in [3.8, 4) is 0 Å². The largest absolute Gasteiger partial charge is 0.314 e. The molecule has 0 aliphatic carbocycles. The van der Waals surface area contributed by atoms with E-state index in [1.165, 1.54) is 24.9 Å². The first kappa shape index (κ1) is 7.74. The van der Waals surface area contributed by atoms with Crippen LogP contribution in [0.4, 0.5) is 0 Å². The molecule has 2 heterocycles. The van der Waals surface area contributed by atoms with Gasteiger partial charge in [0.05, 0.1) is 0 Å². The highest BCUT2D eigenvalue weighted by Crippen LogP contribution is 2.10. The van der Waals surface area contributed by atoms with Crippen molar-refractivity contribution in [3.05, 3.63) is 30.1 Å². The Balaban J connectivity index is 1.94. The van der Waals surface area contributed by atoms with Crippen LogP contribution < -0.4 is 5.32 Å². The maximum Gasteiger partial charge on any atom is 0.0300 e. The standard InChI is InChI=1S/C10H14N2/c1-3-9(8-11-5-1)7-10-4-2-6-12-10/h1,3,5,8,10,12H,2,4,6-7H2/t10-/m1/s1. The molecule has 0 spiro atoms. The lowest BCUT2D eigenvalue weighted by Gasteiger charge is -2.08. The summed E-state index contributed by atoms with van der Waals surface area (Å²) in [7, 11) is 0. The van der Waals surface area contributed by atoms with Crippen LogP contribution in [0.25, 0.3) is 0 Å². The third-order valence-corrected chi connectivity index (χ3v) is 2.37. The Bertz CT molecular complexity index is 227. The Morgan fingerprint density at radius 2 is 2.58 bits per heavy atom. The highest BCUT2D eigenvalue weighted by atomic mass is 14.9. The van der Waals surface area contributed by atoms with Crippen molar-refractivity contribution in [1.29, 1.82) is 0 Å². The number of pyridine rings is 1. The van der Waals surface area contributed by atoms with Gasteiger partial charge in [-0.15, -0.1) is 0 Å². The van der Waals surface area contributed by atoms with Crippen molar-refractivity contribution in [2.24, 2.45) is 0 Å². The summed E-state index contributed by atoms with van der Waals surface area (Å²) >= 11 is 0. The molecule has 1 aliphatic heterocycles. The maximum atomic E-state index is 4.10. The van der Waals surface area contributed by atoms with Crippen LogP contribution in [-0.4, -0.2) is 17.6 Å². The summed E-state index contributed by atoms with van der Waals surface area (Å²) in [5, 5.41) is 3.48. The van der Waals surface area contributed by atoms with Gasteiger partial charge in [-0.1, -0.05) is 6.07 Å². The Hall–Kier alpha value is -0.890. The molecule has 2 heteroatoms. The molecule has 1 aromatic rings. The molecule has 0 saturated carbocycles. The molecule has 1 N–H and O–H groups in total. The fourth-order valence-electron chi connectivity index (χ4n) is 1.73. The fourth-order valence-corrected chi connectivity index (χ4v) is 1.73. The Morgan fingerprint density at radius 1 is 1.58 bits per heavy atom. The summed E-state index contributed by atoms with van der Waals surface area (Å²) in [4.78, 5) is 4.10. The van der Waals surface area contributed by atoms with Crippen molar-refractivity contribution in [2.75, 3.05) is 6.54 Å². The summed E-state index contributed by atoms with van der Waals surface area (Å²) in [5.41, 5.74) is 1.34. The van der Waals surface area contributed by atoms with Gasteiger partial charge in [-0.2, -0.15) is 0 Å². The number of nitrogens with one attached hydrogen (secondary N) is 1. The Morgan fingerprint density at radius 3 is 3.25 bits per heavy atom. The molecule has 0 radical (unpaired) electrons. The molecule has 1 fully saturated rings. The van der Waals surface area contributed by atoms with Gasteiger partial charge in [-0.3, -0.25) is 4.98 Å². The Kier molecular flexibility index (Phi) is 2.37. The molecule has 12 heavy (non-hydrogen) atoms. The summed E-state index contributed by atoms with van der Waals surface area (Å²) in [6.45, 7) is 1.19. The van der Waals surface area contributed by atoms with E-state index in [0.717, 1.165) is 6.42 Å². The molecule has 0 aromatic carbocycles. The zero-order valence-corrected chi connectivity index (χ0v) is 7.16. The normalized spacial score (nSPS) is 22.8. The van der Waals surface area contributed by atoms with E-state index in [1.807, 2.05) is 18.5 Å². The molecule has 64 valence electrons. The Labute approximate surface area is 73.0 Å². The van der Waals surface area contributed by atoms with E-state index in [9.17, 15) is 0 Å². The topological polar surface area (TPSA) is 24.9 Å². The highest BCUT2D eigenvalue weighted by molar-refractivity contribution is 5.10. The van der Waals surface area contributed by atoms with Crippen molar-refractivity contribution in [1.82, 2.24) is 10.3 Å². The van der Waals surface area contributed by atoms with Crippen LogP contribution in [-0.2, 0) is 6.42 Å². The molecule has 1 aliphatic rings. The molecular formula is C10H14N2. The summed E-state index contributed by atoms with van der Waals surface area (Å²) < 4.78 is 0. The van der Waals surface area contributed by atoms with Crippen LogP contribution in [0.5, 0.6) is 0 Å². The van der Waals surface area contributed by atoms with Crippen LogP contribution in [0, 0.1) is 0 Å². The molecular weight excluding hydrogens is 148 g/mol. The van der Waals surface area contributed by atoms with Gasteiger partial charge >= 0.3 is 0 Å². The number of hydrogen-bond donors (Lipinski definition) is 1. The average Bonchev–Trinajstić information content (AvgIpc) is 2.59. The lowest BCUT2D eigenvalue weighted by atomic mass is 10.1. The summed E-state index contributed by atoms with van der Waals surface area (Å²) in [5.74, 6) is 0. The van der Waals surface area contributed by atoms with Gasteiger partial charge in [0.2, 0.25) is 0 Å². The van der Waals surface area contributed by atoms with E-state index in [-0.39, 0.29) is 0 Å². The van der Waals surface area contributed by atoms with Gasteiger partial charge in [0.1, 0.15) is 0 Å². The van der Waals surface area contributed by atoms with Crippen molar-refractivity contribution in [3.63, 3.8) is 0 Å². The minimum Gasteiger partial charge on any atom is -0.314 e. The number of hydrogen-bond acceptors (Lipinski definition) is 2. The van der Waals surface area contributed by atoms with E-state index in [1.54, 1.807) is 0 Å². The molecule has 1 saturated heterocycles. The van der Waals surface area contributed by atoms with Crippen LogP contribution in [0.3, 0.4) is 0 Å². The van der Waals surface area contributed by atoms with Gasteiger partial charge in [0, 0.05) is 18.4 Å². The first-order chi connectivity index (χ1) is 5.95. The van der Waals surface area contributed by atoms with Crippen LogP contribution >= 0.6 is 0 Å². The van der Waals surface area contributed by atoms with Crippen molar-refractivity contribution in [2.45, 2.75) is 25.3 Å². The van der Waals surface area contributed by atoms with Gasteiger partial charge < -0.3 is 5.32 Å². The van der Waals surface area contributed by atoms with Gasteiger partial charge in [-0.05, 0) is 37.4 Å². The zero-order chi connectivity index (χ0) is 8.23. The molecule has 2 rings (SSSR count). The lowest BCUT2D eigenvalue weighted by Crippen LogP contribution is -2.23. The molecule has 0 bridgehead atoms. The third kappa shape index (κ3) is 1.83. The number of nitrogens with zero attached hydrogens (tertiary/aromatic N) is 1. The maximum absolute atomic E-state index is 4.10. The average molecular weight is 162 g/mol. The van der Waals surface area contributed by atoms with Gasteiger partial charge in [0.15, 0.2) is 0 Å². The van der Waals surface area contributed by atoms with E-state index in [4.69, 9.17) is 0 Å². The third-order valence-electron chi connectivity index (χ3n) is 2.37. The molecule has 1 atom stereocenters. The molecule has 2 nitrogen and oxygen atoms in total. The first-order valence-electron chi connectivity index (χ1n) is 4.57. The van der Waals surface area contributed by atoms with Gasteiger partial charge in [-0.25, -0.2) is 0 Å². The van der Waals surface area contributed by atoms with Crippen LogP contribution in [0.1, 0.15) is 18.4 Å². The quantitative estimate of drug-likeness (QED) is 0.710. The minimum absolute atomic E-state index is 0.689. The summed E-state index contributed by atoms with van der Waals surface area (Å²) in [6.07, 6.45) is 7.55. The predicted octanol–water partition coefficient (Wildman–Crippen LogP) is 1.38. The SMILES string of the molecule is c1cncc(C[C@H]2CCCN2)c1. The first-order valence-corrected chi connectivity index (χ1v) is 4.57. The van der Waals surface area contributed by atoms with Crippen LogP contribution in [0.15, 0.2) is 24.5 Å². The van der Waals surface area contributed by atoms with Crippen molar-refractivity contribution < 1.29 is 0 Å². The number of rotatable bonds is 2. The predicted molar refractivity (Wildman–Crippen MR) is 49.0 cm³/mol. The number of aromatic nitrogens is 1. The minimum atomic E-state index is 0.689. The molecule has 1 aromatic heterocycles. The second-order valence-corrected chi connectivity index (χ2v) is 3.36. The molecule has 0 amide bonds. The van der Waals surface area contributed by atoms with E-state index >= 15 is 0 Å². The van der Waals surface area contributed by atoms with E-state index in [0.29, 0.717) is 6.04 Å². The van der Waals surface area contributed by atoms with E-state index in [2.05, 4.69) is 16.4 Å². The highest BCUT2D eigenvalue weighted by Gasteiger charge is 2.13. The monoisotopic (exact) mass is 162 g/mol. The van der Waals surface area contributed by atoms with Gasteiger partial charge in [0.25, 0.3) is 0 Å². The summed E-state index contributed by atoms with van der Waals surface area (Å²) in [6, 6.07) is 4.84. The lowest BCUT2D eigenvalue weighted by molar-refractivity contribution is 0.602. The molecule has 0 unspecified atom stereocenters. The fraction of sp³-hybridized carbons (Fsp3) is 0.500. The second-order valence-electron chi connectivity index (χ2n) is 3.36. The zero-order valence-electron chi connectivity index (χ0n) is 7.16. The smallest absolute Gasteiger partial charge is 0.0300 e.